The second kappa shape index (κ2) is 48.0. The minimum absolute atomic E-state index is 0.382. The van der Waals surface area contributed by atoms with Gasteiger partial charge in [0.1, 0.15) is 6.10 Å². The zero-order valence-electron chi connectivity index (χ0n) is 38.7. The molecular weight excluding hydrogens is 715 g/mol. The number of aliphatic hydroxyl groups is 3. The molecule has 0 spiro atoms. The number of carbonyl (C=O) groups excluding carboxylic acids is 1. The van der Waals surface area contributed by atoms with Crippen molar-refractivity contribution in [1.29, 1.82) is 0 Å². The minimum atomic E-state index is -1.11. The first-order valence-corrected chi connectivity index (χ1v) is 25.5. The molecule has 0 aromatic rings. The molecule has 0 aliphatic carbocycles. The zero-order valence-corrected chi connectivity index (χ0v) is 38.7. The molecule has 5 heteroatoms. The van der Waals surface area contributed by atoms with Crippen molar-refractivity contribution in [3.8, 4) is 0 Å². The first-order chi connectivity index (χ1) is 28.6. The molecule has 0 heterocycles. The topological polar surface area (TPSA) is 89.8 Å². The van der Waals surface area contributed by atoms with Gasteiger partial charge in [0.15, 0.2) is 0 Å². The van der Waals surface area contributed by atoms with Crippen molar-refractivity contribution in [2.75, 3.05) is 6.61 Å². The number of hydrogen-bond donors (Lipinski definition) is 4. The van der Waals surface area contributed by atoms with E-state index >= 15 is 0 Å². The van der Waals surface area contributed by atoms with Crippen LogP contribution in [0.3, 0.4) is 0 Å². The largest absolute Gasteiger partial charge is 0.394 e. The highest BCUT2D eigenvalue weighted by Gasteiger charge is 2.22. The van der Waals surface area contributed by atoms with Gasteiger partial charge < -0.3 is 20.6 Å². The lowest BCUT2D eigenvalue weighted by Gasteiger charge is -2.21. The summed E-state index contributed by atoms with van der Waals surface area (Å²) in [7, 11) is 0. The average molecular weight is 814 g/mol. The van der Waals surface area contributed by atoms with E-state index in [2.05, 4.69) is 55.6 Å². The molecule has 0 fully saturated rings. The minimum Gasteiger partial charge on any atom is -0.394 e. The van der Waals surface area contributed by atoms with Gasteiger partial charge in [-0.15, -0.1) is 0 Å². The van der Waals surface area contributed by atoms with E-state index in [1.54, 1.807) is 6.08 Å². The van der Waals surface area contributed by atoms with Gasteiger partial charge in [-0.3, -0.25) is 4.79 Å². The Balaban J connectivity index is 3.62. The van der Waals surface area contributed by atoms with E-state index in [4.69, 9.17) is 0 Å². The Kier molecular flexibility index (Phi) is 46.6. The van der Waals surface area contributed by atoms with Crippen LogP contribution in [-0.4, -0.2) is 46.1 Å². The van der Waals surface area contributed by atoms with Crippen LogP contribution in [-0.2, 0) is 4.79 Å². The van der Waals surface area contributed by atoms with Crippen LogP contribution < -0.4 is 5.32 Å². The number of nitrogens with one attached hydrogen (secondary N) is 1. The number of rotatable bonds is 46. The predicted octanol–water partition coefficient (Wildman–Crippen LogP) is 15.3. The molecule has 58 heavy (non-hydrogen) atoms. The predicted molar refractivity (Wildman–Crippen MR) is 254 cm³/mol. The molecule has 0 rings (SSSR count). The van der Waals surface area contributed by atoms with E-state index in [9.17, 15) is 20.1 Å². The molecule has 0 bridgehead atoms. The average Bonchev–Trinajstić information content (AvgIpc) is 3.23. The van der Waals surface area contributed by atoms with Gasteiger partial charge in [0.05, 0.1) is 18.8 Å². The molecule has 1 amide bonds. The number of allylic oxidation sites excluding steroid dienone is 7. The van der Waals surface area contributed by atoms with Crippen molar-refractivity contribution in [3.05, 3.63) is 48.6 Å². The first-order valence-electron chi connectivity index (χ1n) is 25.5. The summed E-state index contributed by atoms with van der Waals surface area (Å²) in [5.41, 5.74) is 0. The highest BCUT2D eigenvalue weighted by Crippen LogP contribution is 2.16. The Morgan fingerprint density at radius 2 is 0.707 bits per heavy atom. The lowest BCUT2D eigenvalue weighted by molar-refractivity contribution is -0.131. The summed E-state index contributed by atoms with van der Waals surface area (Å²) in [4.78, 5) is 12.5. The Hall–Kier alpha value is -1.69. The Bertz CT molecular complexity index is 943. The molecule has 0 saturated carbocycles. The summed E-state index contributed by atoms with van der Waals surface area (Å²) in [6.45, 7) is 4.17. The van der Waals surface area contributed by atoms with Crippen LogP contribution in [0.1, 0.15) is 258 Å². The van der Waals surface area contributed by atoms with E-state index in [0.717, 1.165) is 44.9 Å². The van der Waals surface area contributed by atoms with Crippen molar-refractivity contribution in [1.82, 2.24) is 5.32 Å². The second-order valence-electron chi connectivity index (χ2n) is 17.4. The van der Waals surface area contributed by atoms with Gasteiger partial charge in [-0.2, -0.15) is 0 Å². The van der Waals surface area contributed by atoms with Gasteiger partial charge in [0.25, 0.3) is 0 Å². The summed E-state index contributed by atoms with van der Waals surface area (Å²) >= 11 is 0. The van der Waals surface area contributed by atoms with E-state index in [-0.39, 0.29) is 6.61 Å². The van der Waals surface area contributed by atoms with Crippen molar-refractivity contribution in [2.24, 2.45) is 0 Å². The fourth-order valence-electron chi connectivity index (χ4n) is 7.62. The maximum atomic E-state index is 12.5. The fraction of sp³-hybridized carbons (Fsp3) is 0.830. The van der Waals surface area contributed by atoms with Gasteiger partial charge in [0.2, 0.25) is 5.91 Å². The molecule has 3 unspecified atom stereocenters. The van der Waals surface area contributed by atoms with E-state index in [0.29, 0.717) is 6.42 Å². The maximum absolute atomic E-state index is 12.5. The van der Waals surface area contributed by atoms with E-state index in [1.165, 1.54) is 193 Å². The molecular formula is C53H99NO4. The molecule has 5 nitrogen and oxygen atoms in total. The molecule has 3 atom stereocenters. The summed E-state index contributed by atoms with van der Waals surface area (Å²) in [5, 5.41) is 33.2. The number of unbranched alkanes of at least 4 members (excludes halogenated alkanes) is 32. The number of aliphatic hydroxyl groups excluding tert-OH is 3. The molecule has 0 aliphatic rings. The number of hydrogen-bond acceptors (Lipinski definition) is 4. The van der Waals surface area contributed by atoms with Crippen molar-refractivity contribution in [2.45, 2.75) is 276 Å². The zero-order chi connectivity index (χ0) is 42.3. The number of amides is 1. The molecule has 0 saturated heterocycles. The second-order valence-corrected chi connectivity index (χ2v) is 17.4. The molecule has 0 radical (unpaired) electrons. The van der Waals surface area contributed by atoms with Gasteiger partial charge in [-0.05, 0) is 70.6 Å². The van der Waals surface area contributed by atoms with Gasteiger partial charge in [0, 0.05) is 0 Å². The molecule has 340 valence electrons. The van der Waals surface area contributed by atoms with Crippen molar-refractivity contribution in [3.63, 3.8) is 0 Å². The molecule has 4 N–H and O–H groups in total. The molecule has 0 aromatic heterocycles. The van der Waals surface area contributed by atoms with E-state index < -0.39 is 24.2 Å². The summed E-state index contributed by atoms with van der Waals surface area (Å²) in [6, 6.07) is -0.821. The van der Waals surface area contributed by atoms with Gasteiger partial charge in [-0.1, -0.05) is 236 Å². The Morgan fingerprint density at radius 3 is 1.05 bits per heavy atom. The normalized spacial score (nSPS) is 13.8. The third-order valence-corrected chi connectivity index (χ3v) is 11.6. The lowest BCUT2D eigenvalue weighted by Crippen LogP contribution is -2.48. The first kappa shape index (κ1) is 56.3. The SMILES string of the molecule is CCCCCCCC/C=C/CC/C=C/CC/C=C/C(O)C(CO)NC(=O)C(O)CCCCCCCCCCCCCC/C=C\CCCCCCCCCCCCCC. The van der Waals surface area contributed by atoms with Crippen LogP contribution >= 0.6 is 0 Å². The standard InChI is InChI=1S/C53H99NO4/c1-3-5-7-9-11-13-15-17-19-21-22-23-24-25-26-27-28-29-30-31-32-34-36-38-40-42-44-46-48-52(57)53(58)54-50(49-55)51(56)47-45-43-41-39-37-35-33-20-18-16-14-12-10-8-6-4-2/h18,20,25-26,37,39,45,47,50-52,55-57H,3-17,19,21-24,27-36,38,40-44,46,48-49H2,1-2H3,(H,54,58)/b20-18+,26-25-,39-37+,47-45+. The van der Waals surface area contributed by atoms with Crippen LogP contribution in [0.5, 0.6) is 0 Å². The van der Waals surface area contributed by atoms with Crippen LogP contribution in [0.15, 0.2) is 48.6 Å². The Labute approximate surface area is 361 Å². The fourth-order valence-corrected chi connectivity index (χ4v) is 7.62. The third kappa shape index (κ3) is 42.4. The van der Waals surface area contributed by atoms with Crippen LogP contribution in [0.2, 0.25) is 0 Å². The van der Waals surface area contributed by atoms with Crippen molar-refractivity contribution >= 4 is 5.91 Å². The lowest BCUT2D eigenvalue weighted by atomic mass is 10.0. The summed E-state index contributed by atoms with van der Waals surface area (Å²) < 4.78 is 0. The number of carbonyl (C=O) groups is 1. The van der Waals surface area contributed by atoms with Crippen molar-refractivity contribution < 1.29 is 20.1 Å². The van der Waals surface area contributed by atoms with Crippen LogP contribution in [0.4, 0.5) is 0 Å². The highest BCUT2D eigenvalue weighted by atomic mass is 16.3. The summed E-state index contributed by atoms with van der Waals surface area (Å²) in [6.07, 6.45) is 63.1. The monoisotopic (exact) mass is 814 g/mol. The third-order valence-electron chi connectivity index (χ3n) is 11.6. The quantitative estimate of drug-likeness (QED) is 0.0364. The van der Waals surface area contributed by atoms with Gasteiger partial charge in [-0.25, -0.2) is 0 Å². The smallest absolute Gasteiger partial charge is 0.249 e. The summed E-state index contributed by atoms with van der Waals surface area (Å²) in [5.74, 6) is -0.517. The van der Waals surface area contributed by atoms with Crippen LogP contribution in [0, 0.1) is 0 Å². The van der Waals surface area contributed by atoms with Crippen LogP contribution in [0.25, 0.3) is 0 Å². The molecule has 0 aliphatic heterocycles. The van der Waals surface area contributed by atoms with Gasteiger partial charge >= 0.3 is 0 Å². The maximum Gasteiger partial charge on any atom is 0.249 e. The Morgan fingerprint density at radius 1 is 0.414 bits per heavy atom. The highest BCUT2D eigenvalue weighted by molar-refractivity contribution is 5.80. The van der Waals surface area contributed by atoms with E-state index in [1.807, 2.05) is 6.08 Å². The molecule has 0 aromatic carbocycles.